The SMILES string of the molecule is CC(C)=CCN(C)C1CC2CCC(C1)N2. The number of rotatable bonds is 3. The Hall–Kier alpha value is -0.340. The van der Waals surface area contributed by atoms with Gasteiger partial charge < -0.3 is 5.32 Å². The second-order valence-electron chi connectivity index (χ2n) is 5.48. The van der Waals surface area contributed by atoms with Gasteiger partial charge in [0.05, 0.1) is 0 Å². The monoisotopic (exact) mass is 208 g/mol. The van der Waals surface area contributed by atoms with Crippen molar-refractivity contribution in [3.05, 3.63) is 11.6 Å². The Morgan fingerprint density at radius 2 is 1.87 bits per heavy atom. The molecule has 15 heavy (non-hydrogen) atoms. The van der Waals surface area contributed by atoms with E-state index in [9.17, 15) is 0 Å². The zero-order chi connectivity index (χ0) is 10.8. The molecule has 2 nitrogen and oxygen atoms in total. The lowest BCUT2D eigenvalue weighted by atomic mass is 9.98. The molecule has 2 rings (SSSR count). The molecule has 2 saturated heterocycles. The summed E-state index contributed by atoms with van der Waals surface area (Å²) in [6.07, 6.45) is 7.84. The molecule has 2 fully saturated rings. The van der Waals surface area contributed by atoms with Crippen LogP contribution in [0.2, 0.25) is 0 Å². The van der Waals surface area contributed by atoms with E-state index in [1.165, 1.54) is 31.3 Å². The molecule has 0 amide bonds. The predicted octanol–water partition coefficient (Wildman–Crippen LogP) is 2.17. The van der Waals surface area contributed by atoms with Crippen LogP contribution in [0.3, 0.4) is 0 Å². The topological polar surface area (TPSA) is 15.3 Å². The van der Waals surface area contributed by atoms with Gasteiger partial charge in [-0.3, -0.25) is 4.90 Å². The molecule has 0 saturated carbocycles. The first kappa shape index (κ1) is 11.2. The Morgan fingerprint density at radius 1 is 1.27 bits per heavy atom. The van der Waals surface area contributed by atoms with Crippen LogP contribution in [0.25, 0.3) is 0 Å². The van der Waals surface area contributed by atoms with E-state index in [1.807, 2.05) is 0 Å². The molecule has 0 radical (unpaired) electrons. The first-order valence-corrected chi connectivity index (χ1v) is 6.25. The standard InChI is InChI=1S/C13H24N2/c1-10(2)6-7-15(3)13-8-11-4-5-12(9-13)14-11/h6,11-14H,4-5,7-9H2,1-3H3. The molecular weight excluding hydrogens is 184 g/mol. The summed E-state index contributed by atoms with van der Waals surface area (Å²) in [5.41, 5.74) is 1.43. The zero-order valence-electron chi connectivity index (χ0n) is 10.3. The van der Waals surface area contributed by atoms with Gasteiger partial charge in [0.2, 0.25) is 0 Å². The van der Waals surface area contributed by atoms with Gasteiger partial charge in [-0.1, -0.05) is 11.6 Å². The van der Waals surface area contributed by atoms with Gasteiger partial charge >= 0.3 is 0 Å². The minimum Gasteiger partial charge on any atom is -0.311 e. The van der Waals surface area contributed by atoms with E-state index in [0.29, 0.717) is 0 Å². The van der Waals surface area contributed by atoms with Gasteiger partial charge in [0.1, 0.15) is 0 Å². The molecule has 2 heteroatoms. The van der Waals surface area contributed by atoms with E-state index in [2.05, 4.69) is 37.2 Å². The average molecular weight is 208 g/mol. The molecule has 1 N–H and O–H groups in total. The highest BCUT2D eigenvalue weighted by molar-refractivity contribution is 4.99. The van der Waals surface area contributed by atoms with Crippen molar-refractivity contribution in [3.63, 3.8) is 0 Å². The van der Waals surface area contributed by atoms with E-state index in [0.717, 1.165) is 24.7 Å². The molecule has 2 unspecified atom stereocenters. The lowest BCUT2D eigenvalue weighted by molar-refractivity contribution is 0.187. The fourth-order valence-electron chi connectivity index (χ4n) is 2.86. The number of hydrogen-bond donors (Lipinski definition) is 1. The smallest absolute Gasteiger partial charge is 0.0165 e. The fourth-order valence-corrected chi connectivity index (χ4v) is 2.86. The highest BCUT2D eigenvalue weighted by Crippen LogP contribution is 2.29. The van der Waals surface area contributed by atoms with Crippen molar-refractivity contribution in [1.82, 2.24) is 10.2 Å². The summed E-state index contributed by atoms with van der Waals surface area (Å²) < 4.78 is 0. The predicted molar refractivity (Wildman–Crippen MR) is 65.0 cm³/mol. The molecule has 86 valence electrons. The van der Waals surface area contributed by atoms with Gasteiger partial charge in [-0.05, 0) is 46.6 Å². The first-order valence-electron chi connectivity index (χ1n) is 6.25. The van der Waals surface area contributed by atoms with E-state index in [-0.39, 0.29) is 0 Å². The van der Waals surface area contributed by atoms with Gasteiger partial charge in [-0.15, -0.1) is 0 Å². The third kappa shape index (κ3) is 2.82. The second-order valence-corrected chi connectivity index (χ2v) is 5.48. The van der Waals surface area contributed by atoms with Crippen LogP contribution in [-0.2, 0) is 0 Å². The third-order valence-corrected chi connectivity index (χ3v) is 3.86. The van der Waals surface area contributed by atoms with E-state index >= 15 is 0 Å². The number of nitrogens with zero attached hydrogens (tertiary/aromatic N) is 1. The summed E-state index contributed by atoms with van der Waals surface area (Å²) in [5, 5.41) is 3.70. The molecule has 2 aliphatic rings. The van der Waals surface area contributed by atoms with Crippen molar-refractivity contribution < 1.29 is 0 Å². The van der Waals surface area contributed by atoms with Crippen molar-refractivity contribution >= 4 is 0 Å². The first-order chi connectivity index (χ1) is 7.15. The molecule has 0 aliphatic carbocycles. The Balaban J connectivity index is 1.85. The van der Waals surface area contributed by atoms with Gasteiger partial charge in [0.15, 0.2) is 0 Å². The maximum absolute atomic E-state index is 3.70. The molecule has 2 heterocycles. The maximum atomic E-state index is 3.70. The summed E-state index contributed by atoms with van der Waals surface area (Å²) in [7, 11) is 2.27. The Kier molecular flexibility index (Phi) is 3.47. The number of fused-ring (bicyclic) bond motifs is 2. The summed E-state index contributed by atoms with van der Waals surface area (Å²) in [6, 6.07) is 2.42. The lowest BCUT2D eigenvalue weighted by Crippen LogP contribution is -2.47. The van der Waals surface area contributed by atoms with Crippen molar-refractivity contribution in [2.75, 3.05) is 13.6 Å². The van der Waals surface area contributed by atoms with Crippen molar-refractivity contribution in [1.29, 1.82) is 0 Å². The molecule has 0 spiro atoms. The normalized spacial score (nSPS) is 34.5. The number of hydrogen-bond acceptors (Lipinski definition) is 2. The molecule has 2 bridgehead atoms. The Morgan fingerprint density at radius 3 is 2.40 bits per heavy atom. The van der Waals surface area contributed by atoms with Gasteiger partial charge in [-0.2, -0.15) is 0 Å². The quantitative estimate of drug-likeness (QED) is 0.715. The number of allylic oxidation sites excluding steroid dienone is 1. The van der Waals surface area contributed by atoms with E-state index in [1.54, 1.807) is 0 Å². The van der Waals surface area contributed by atoms with Gasteiger partial charge in [0.25, 0.3) is 0 Å². The second kappa shape index (κ2) is 4.67. The summed E-state index contributed by atoms with van der Waals surface area (Å²) in [4.78, 5) is 2.53. The van der Waals surface area contributed by atoms with Gasteiger partial charge in [0, 0.05) is 24.7 Å². The van der Waals surface area contributed by atoms with Crippen LogP contribution < -0.4 is 5.32 Å². The summed E-state index contributed by atoms with van der Waals surface area (Å²) >= 11 is 0. The molecule has 0 aromatic heterocycles. The van der Waals surface area contributed by atoms with Crippen LogP contribution in [0.15, 0.2) is 11.6 Å². The van der Waals surface area contributed by atoms with Gasteiger partial charge in [-0.25, -0.2) is 0 Å². The maximum Gasteiger partial charge on any atom is 0.0165 e. The lowest BCUT2D eigenvalue weighted by Gasteiger charge is -2.35. The van der Waals surface area contributed by atoms with Crippen molar-refractivity contribution in [3.8, 4) is 0 Å². The number of nitrogens with one attached hydrogen (secondary N) is 1. The number of likely N-dealkylation sites (N-methyl/N-ethyl adjacent to an activating group) is 1. The zero-order valence-corrected chi connectivity index (χ0v) is 10.3. The largest absolute Gasteiger partial charge is 0.311 e. The molecule has 0 aromatic carbocycles. The van der Waals surface area contributed by atoms with Crippen LogP contribution in [0.5, 0.6) is 0 Å². The fraction of sp³-hybridized carbons (Fsp3) is 0.846. The Labute approximate surface area is 93.7 Å². The van der Waals surface area contributed by atoms with Crippen LogP contribution in [0, 0.1) is 0 Å². The van der Waals surface area contributed by atoms with Crippen molar-refractivity contribution in [2.24, 2.45) is 0 Å². The van der Waals surface area contributed by atoms with Crippen LogP contribution in [0.1, 0.15) is 39.5 Å². The molecular formula is C13H24N2. The summed E-state index contributed by atoms with van der Waals surface area (Å²) in [6.45, 7) is 5.48. The van der Waals surface area contributed by atoms with Crippen LogP contribution >= 0.6 is 0 Å². The van der Waals surface area contributed by atoms with E-state index in [4.69, 9.17) is 0 Å². The highest BCUT2D eigenvalue weighted by Gasteiger charge is 2.34. The highest BCUT2D eigenvalue weighted by atomic mass is 15.2. The molecule has 2 aliphatic heterocycles. The van der Waals surface area contributed by atoms with Crippen LogP contribution in [-0.4, -0.2) is 36.6 Å². The average Bonchev–Trinajstić information content (AvgIpc) is 2.54. The minimum atomic E-state index is 0.805. The Bertz CT molecular complexity index is 231. The molecule has 2 atom stereocenters. The van der Waals surface area contributed by atoms with E-state index < -0.39 is 0 Å². The van der Waals surface area contributed by atoms with Crippen molar-refractivity contribution in [2.45, 2.75) is 57.7 Å². The molecule has 0 aromatic rings. The van der Waals surface area contributed by atoms with Crippen LogP contribution in [0.4, 0.5) is 0 Å². The number of piperidine rings is 1. The third-order valence-electron chi connectivity index (χ3n) is 3.86. The minimum absolute atomic E-state index is 0.805. The summed E-state index contributed by atoms with van der Waals surface area (Å²) in [5.74, 6) is 0.